The van der Waals surface area contributed by atoms with Gasteiger partial charge < -0.3 is 5.73 Å². The Morgan fingerprint density at radius 2 is 2.31 bits per heavy atom. The molecule has 16 heavy (non-hydrogen) atoms. The van der Waals surface area contributed by atoms with Crippen LogP contribution in [0.5, 0.6) is 0 Å². The molecule has 0 saturated heterocycles. The third kappa shape index (κ3) is 2.68. The summed E-state index contributed by atoms with van der Waals surface area (Å²) >= 11 is 8.51. The number of halogens is 2. The fraction of sp³-hybridized carbons (Fsp3) is 0.375. The van der Waals surface area contributed by atoms with E-state index in [-0.39, 0.29) is 6.04 Å². The van der Waals surface area contributed by atoms with Crippen LogP contribution < -0.4 is 5.73 Å². The highest BCUT2D eigenvalue weighted by atomic mass is 79.9. The Balaban J connectivity index is 2.14. The van der Waals surface area contributed by atoms with Gasteiger partial charge in [0.1, 0.15) is 0 Å². The van der Waals surface area contributed by atoms with Crippen LogP contribution in [0.3, 0.4) is 0 Å². The van der Waals surface area contributed by atoms with E-state index >= 15 is 0 Å². The molecule has 2 aromatic rings. The van der Waals surface area contributed by atoms with Crippen LogP contribution in [-0.2, 0) is 13.5 Å². The zero-order valence-corrected chi connectivity index (χ0v) is 12.4. The van der Waals surface area contributed by atoms with Gasteiger partial charge >= 0.3 is 0 Å². The lowest BCUT2D eigenvalue weighted by molar-refractivity contribution is 0.622. The second-order valence-electron chi connectivity index (χ2n) is 3.29. The molecule has 0 saturated carbocycles. The highest BCUT2D eigenvalue weighted by Crippen LogP contribution is 2.35. The molecule has 0 aliphatic heterocycles. The fourth-order valence-corrected chi connectivity index (χ4v) is 4.32. The molecule has 8 heteroatoms. The van der Waals surface area contributed by atoms with E-state index in [2.05, 4.69) is 47.3 Å². The van der Waals surface area contributed by atoms with E-state index in [1.807, 2.05) is 6.07 Å². The largest absolute Gasteiger partial charge is 0.324 e. The van der Waals surface area contributed by atoms with Crippen LogP contribution in [0.15, 0.2) is 13.6 Å². The predicted octanol–water partition coefficient (Wildman–Crippen LogP) is 2.04. The summed E-state index contributed by atoms with van der Waals surface area (Å²) < 4.78 is 2.09. The molecule has 5 nitrogen and oxygen atoms in total. The van der Waals surface area contributed by atoms with Gasteiger partial charge in [-0.25, -0.2) is 0 Å². The second-order valence-corrected chi connectivity index (χ2v) is 7.03. The summed E-state index contributed by atoms with van der Waals surface area (Å²) in [5.74, 6) is 0.657. The van der Waals surface area contributed by atoms with Gasteiger partial charge in [-0.15, -0.1) is 21.5 Å². The number of tetrazole rings is 1. The summed E-state index contributed by atoms with van der Waals surface area (Å²) in [6.45, 7) is 0. The minimum Gasteiger partial charge on any atom is -0.324 e. The van der Waals surface area contributed by atoms with E-state index in [4.69, 9.17) is 5.73 Å². The third-order valence-electron chi connectivity index (χ3n) is 2.03. The van der Waals surface area contributed by atoms with Crippen molar-refractivity contribution in [2.24, 2.45) is 12.8 Å². The summed E-state index contributed by atoms with van der Waals surface area (Å²) in [7, 11) is 1.74. The summed E-state index contributed by atoms with van der Waals surface area (Å²) in [5.41, 5.74) is 7.15. The molecule has 2 N–H and O–H groups in total. The van der Waals surface area contributed by atoms with Crippen molar-refractivity contribution >= 4 is 43.2 Å². The van der Waals surface area contributed by atoms with Gasteiger partial charge in [0.05, 0.1) is 14.6 Å². The monoisotopic (exact) mass is 365 g/mol. The Morgan fingerprint density at radius 1 is 1.56 bits per heavy atom. The smallest absolute Gasteiger partial charge is 0.176 e. The van der Waals surface area contributed by atoms with E-state index in [0.717, 1.165) is 13.1 Å². The van der Waals surface area contributed by atoms with Gasteiger partial charge in [0.2, 0.25) is 0 Å². The molecule has 0 radical (unpaired) electrons. The van der Waals surface area contributed by atoms with E-state index in [9.17, 15) is 0 Å². The molecule has 2 rings (SSSR count). The lowest BCUT2D eigenvalue weighted by Gasteiger charge is -2.07. The third-order valence-corrected chi connectivity index (χ3v) is 4.42. The topological polar surface area (TPSA) is 69.6 Å². The molecule has 0 aliphatic carbocycles. The number of aryl methyl sites for hydroxylation is 1. The van der Waals surface area contributed by atoms with Crippen LogP contribution >= 0.6 is 43.2 Å². The van der Waals surface area contributed by atoms with E-state index in [1.54, 1.807) is 18.4 Å². The summed E-state index contributed by atoms with van der Waals surface area (Å²) in [6.07, 6.45) is 0.579. The van der Waals surface area contributed by atoms with Gasteiger partial charge in [0.25, 0.3) is 0 Å². The standard InChI is InChI=1S/C8H9Br2N5S/c1-15-13-7(12-14-15)3-5(11)4-2-6(9)16-8(4)10/h2,5H,3,11H2,1H3. The number of thiophene rings is 1. The first-order valence-corrected chi connectivity index (χ1v) is 6.89. The molecule has 1 unspecified atom stereocenters. The zero-order valence-electron chi connectivity index (χ0n) is 8.39. The number of aromatic nitrogens is 4. The van der Waals surface area contributed by atoms with Gasteiger partial charge in [-0.2, -0.15) is 4.80 Å². The fourth-order valence-electron chi connectivity index (χ4n) is 1.32. The maximum Gasteiger partial charge on any atom is 0.176 e. The van der Waals surface area contributed by atoms with Crippen molar-refractivity contribution in [1.29, 1.82) is 0 Å². The molecular weight excluding hydrogens is 358 g/mol. The first-order chi connectivity index (χ1) is 7.56. The number of rotatable bonds is 3. The highest BCUT2D eigenvalue weighted by Gasteiger charge is 2.16. The van der Waals surface area contributed by atoms with Gasteiger partial charge in [-0.05, 0) is 48.7 Å². The normalized spacial score (nSPS) is 13.0. The minimum atomic E-state index is -0.124. The number of hydrogen-bond donors (Lipinski definition) is 1. The molecule has 0 aliphatic rings. The van der Waals surface area contributed by atoms with Crippen LogP contribution in [-0.4, -0.2) is 20.2 Å². The number of hydrogen-bond acceptors (Lipinski definition) is 5. The molecule has 0 amide bonds. The Bertz CT molecular complexity index is 494. The Kier molecular flexibility index (Phi) is 3.73. The minimum absolute atomic E-state index is 0.124. The quantitative estimate of drug-likeness (QED) is 0.902. The SMILES string of the molecule is Cn1nnc(CC(N)c2cc(Br)sc2Br)n1. The molecule has 0 fully saturated rings. The number of nitrogens with two attached hydrogens (primary N) is 1. The highest BCUT2D eigenvalue weighted by molar-refractivity contribution is 9.12. The summed E-state index contributed by atoms with van der Waals surface area (Å²) in [5, 5.41) is 11.8. The number of nitrogens with zero attached hydrogens (tertiary/aromatic N) is 4. The molecule has 1 atom stereocenters. The van der Waals surface area contributed by atoms with Crippen molar-refractivity contribution in [3.63, 3.8) is 0 Å². The molecule has 0 spiro atoms. The average molecular weight is 367 g/mol. The van der Waals surface area contributed by atoms with E-state index < -0.39 is 0 Å². The van der Waals surface area contributed by atoms with Crippen molar-refractivity contribution in [3.05, 3.63) is 25.0 Å². The Labute approximate surface area is 113 Å². The zero-order chi connectivity index (χ0) is 11.7. The Morgan fingerprint density at radius 3 is 2.81 bits per heavy atom. The van der Waals surface area contributed by atoms with Crippen molar-refractivity contribution < 1.29 is 0 Å². The average Bonchev–Trinajstić information content (AvgIpc) is 2.73. The molecule has 2 aromatic heterocycles. The maximum absolute atomic E-state index is 6.09. The van der Waals surface area contributed by atoms with Crippen LogP contribution in [0.25, 0.3) is 0 Å². The van der Waals surface area contributed by atoms with Crippen LogP contribution in [0.2, 0.25) is 0 Å². The van der Waals surface area contributed by atoms with Crippen LogP contribution in [0.1, 0.15) is 17.4 Å². The van der Waals surface area contributed by atoms with E-state index in [0.29, 0.717) is 12.2 Å². The summed E-state index contributed by atoms with van der Waals surface area (Å²) in [6, 6.07) is 1.89. The molecule has 0 bridgehead atoms. The Hall–Kier alpha value is -0.310. The molecule has 86 valence electrons. The van der Waals surface area contributed by atoms with Gasteiger partial charge in [0, 0.05) is 12.5 Å². The van der Waals surface area contributed by atoms with Gasteiger partial charge in [-0.3, -0.25) is 0 Å². The van der Waals surface area contributed by atoms with Crippen molar-refractivity contribution in [3.8, 4) is 0 Å². The van der Waals surface area contributed by atoms with Crippen molar-refractivity contribution in [2.75, 3.05) is 0 Å². The van der Waals surface area contributed by atoms with Crippen LogP contribution in [0.4, 0.5) is 0 Å². The van der Waals surface area contributed by atoms with Gasteiger partial charge in [-0.1, -0.05) is 0 Å². The predicted molar refractivity (Wildman–Crippen MR) is 69.1 cm³/mol. The first-order valence-electron chi connectivity index (χ1n) is 4.49. The van der Waals surface area contributed by atoms with E-state index in [1.165, 1.54) is 4.80 Å². The second kappa shape index (κ2) is 4.91. The lowest BCUT2D eigenvalue weighted by atomic mass is 10.1. The van der Waals surface area contributed by atoms with Crippen LogP contribution in [0, 0.1) is 0 Å². The summed E-state index contributed by atoms with van der Waals surface area (Å²) in [4.78, 5) is 1.43. The van der Waals surface area contributed by atoms with Gasteiger partial charge in [0.15, 0.2) is 5.82 Å². The molecular formula is C8H9Br2N5S. The first kappa shape index (κ1) is 12.2. The van der Waals surface area contributed by atoms with Crippen molar-refractivity contribution in [2.45, 2.75) is 12.5 Å². The van der Waals surface area contributed by atoms with Crippen molar-refractivity contribution in [1.82, 2.24) is 20.2 Å². The molecule has 2 heterocycles. The maximum atomic E-state index is 6.09. The lowest BCUT2D eigenvalue weighted by Crippen LogP contribution is -2.14. The molecule has 0 aromatic carbocycles.